The first kappa shape index (κ1) is 16.8. The second-order valence-corrected chi connectivity index (χ2v) is 6.76. The highest BCUT2D eigenvalue weighted by atomic mass is 32.1. The minimum Gasteiger partial charge on any atom is -0.355 e. The first-order chi connectivity index (χ1) is 11.8. The van der Waals surface area contributed by atoms with Crippen LogP contribution in [0.15, 0.2) is 18.6 Å². The molecule has 1 aliphatic heterocycles. The number of carbonyl (C=O) groups is 1. The van der Waals surface area contributed by atoms with Crippen LogP contribution in [0, 0.1) is 5.92 Å². The van der Waals surface area contributed by atoms with Crippen LogP contribution in [0.1, 0.15) is 41.6 Å². The van der Waals surface area contributed by atoms with Crippen LogP contribution >= 0.6 is 11.5 Å². The fraction of sp³-hybridized carbons (Fsp3) is 0.562. The van der Waals surface area contributed by atoms with E-state index in [0.29, 0.717) is 17.3 Å². The zero-order valence-corrected chi connectivity index (χ0v) is 14.6. The summed E-state index contributed by atoms with van der Waals surface area (Å²) in [4.78, 5) is 23.7. The highest BCUT2D eigenvalue weighted by Gasteiger charge is 2.22. The highest BCUT2D eigenvalue weighted by molar-refractivity contribution is 7.08. The largest absolute Gasteiger partial charge is 0.355 e. The number of anilines is 1. The Kier molecular flexibility index (Phi) is 5.68. The third-order valence-corrected chi connectivity index (χ3v) is 5.06. The zero-order valence-electron chi connectivity index (χ0n) is 13.8. The fourth-order valence-electron chi connectivity index (χ4n) is 2.92. The van der Waals surface area contributed by atoms with Gasteiger partial charge < -0.3 is 10.2 Å². The second kappa shape index (κ2) is 8.14. The number of piperidine rings is 1. The van der Waals surface area contributed by atoms with Gasteiger partial charge >= 0.3 is 0 Å². The standard InChI is InChI=1S/C16H22N6OS/c1-2-3-13-15(24-21-20-13)16(23)19-10-12-4-8-22(9-5-12)14-11-17-6-7-18-14/h6-7,11-12H,2-5,8-10H2,1H3,(H,19,23). The van der Waals surface area contributed by atoms with E-state index in [1.54, 1.807) is 18.6 Å². The van der Waals surface area contributed by atoms with Gasteiger partial charge in [0.1, 0.15) is 10.7 Å². The fourth-order valence-corrected chi connectivity index (χ4v) is 3.54. The van der Waals surface area contributed by atoms with Crippen molar-refractivity contribution in [3.63, 3.8) is 0 Å². The Morgan fingerprint density at radius 3 is 2.92 bits per heavy atom. The van der Waals surface area contributed by atoms with Crippen molar-refractivity contribution < 1.29 is 4.79 Å². The smallest absolute Gasteiger partial charge is 0.264 e. The number of hydrogen-bond acceptors (Lipinski definition) is 7. The molecular weight excluding hydrogens is 324 g/mol. The maximum absolute atomic E-state index is 12.3. The van der Waals surface area contributed by atoms with Crippen LogP contribution in [0.5, 0.6) is 0 Å². The summed E-state index contributed by atoms with van der Waals surface area (Å²) in [7, 11) is 0. The van der Waals surface area contributed by atoms with Gasteiger partial charge in [-0.3, -0.25) is 9.78 Å². The molecule has 0 radical (unpaired) electrons. The van der Waals surface area contributed by atoms with Crippen molar-refractivity contribution in [2.45, 2.75) is 32.6 Å². The average molecular weight is 346 g/mol. The number of nitrogens with zero attached hydrogens (tertiary/aromatic N) is 5. The highest BCUT2D eigenvalue weighted by Crippen LogP contribution is 2.21. The summed E-state index contributed by atoms with van der Waals surface area (Å²) in [6, 6.07) is 0. The van der Waals surface area contributed by atoms with Crippen molar-refractivity contribution in [1.82, 2.24) is 24.9 Å². The maximum atomic E-state index is 12.3. The van der Waals surface area contributed by atoms with Crippen LogP contribution in [0.4, 0.5) is 5.82 Å². The van der Waals surface area contributed by atoms with Crippen molar-refractivity contribution in [2.24, 2.45) is 5.92 Å². The normalized spacial score (nSPS) is 15.5. The molecule has 0 unspecified atom stereocenters. The zero-order chi connectivity index (χ0) is 16.8. The third kappa shape index (κ3) is 4.05. The summed E-state index contributed by atoms with van der Waals surface area (Å²) in [5, 5.41) is 7.11. The van der Waals surface area contributed by atoms with E-state index in [9.17, 15) is 4.79 Å². The molecule has 24 heavy (non-hydrogen) atoms. The van der Waals surface area contributed by atoms with Crippen LogP contribution in [-0.2, 0) is 6.42 Å². The van der Waals surface area contributed by atoms with Gasteiger partial charge in [0.25, 0.3) is 5.91 Å². The molecule has 1 aliphatic rings. The summed E-state index contributed by atoms with van der Waals surface area (Å²) in [5.41, 5.74) is 0.817. The lowest BCUT2D eigenvalue weighted by molar-refractivity contribution is 0.0948. The minimum atomic E-state index is -0.0372. The molecule has 0 bridgehead atoms. The van der Waals surface area contributed by atoms with Gasteiger partial charge in [0.05, 0.1) is 11.9 Å². The molecule has 0 aliphatic carbocycles. The van der Waals surface area contributed by atoms with E-state index < -0.39 is 0 Å². The van der Waals surface area contributed by atoms with Crippen molar-refractivity contribution >= 4 is 23.3 Å². The van der Waals surface area contributed by atoms with E-state index in [0.717, 1.165) is 50.3 Å². The second-order valence-electron chi connectivity index (χ2n) is 6.00. The lowest BCUT2D eigenvalue weighted by Gasteiger charge is -2.32. The molecule has 8 heteroatoms. The van der Waals surface area contributed by atoms with E-state index >= 15 is 0 Å². The summed E-state index contributed by atoms with van der Waals surface area (Å²) in [6.07, 6.45) is 9.06. The van der Waals surface area contributed by atoms with Crippen LogP contribution < -0.4 is 10.2 Å². The molecule has 1 amide bonds. The quantitative estimate of drug-likeness (QED) is 0.860. The van der Waals surface area contributed by atoms with Gasteiger partial charge in [-0.15, -0.1) is 5.10 Å². The first-order valence-corrected chi connectivity index (χ1v) is 9.15. The number of aromatic nitrogens is 4. The number of aryl methyl sites for hydroxylation is 1. The molecule has 2 aromatic rings. The Labute approximate surface area is 145 Å². The number of rotatable bonds is 6. The topological polar surface area (TPSA) is 83.9 Å². The predicted octanol–water partition coefficient (Wildman–Crippen LogP) is 1.93. The van der Waals surface area contributed by atoms with Gasteiger partial charge in [-0.2, -0.15) is 0 Å². The molecule has 128 valence electrons. The molecule has 0 aromatic carbocycles. The third-order valence-electron chi connectivity index (χ3n) is 4.29. The Bertz CT molecular complexity index is 654. The van der Waals surface area contributed by atoms with E-state index in [2.05, 4.69) is 36.7 Å². The number of carbonyl (C=O) groups excluding carboxylic acids is 1. The van der Waals surface area contributed by atoms with Crippen molar-refractivity contribution in [3.05, 3.63) is 29.2 Å². The Morgan fingerprint density at radius 1 is 1.38 bits per heavy atom. The van der Waals surface area contributed by atoms with Gasteiger partial charge in [0.15, 0.2) is 0 Å². The van der Waals surface area contributed by atoms with E-state index in [1.165, 1.54) is 11.5 Å². The maximum Gasteiger partial charge on any atom is 0.264 e. The molecular formula is C16H22N6OS. The Balaban J connectivity index is 1.46. The minimum absolute atomic E-state index is 0.0372. The SMILES string of the molecule is CCCc1nnsc1C(=O)NCC1CCN(c2cnccn2)CC1. The molecule has 1 fully saturated rings. The predicted molar refractivity (Wildman–Crippen MR) is 93.2 cm³/mol. The molecule has 2 aromatic heterocycles. The molecule has 1 saturated heterocycles. The summed E-state index contributed by atoms with van der Waals surface area (Å²) < 4.78 is 3.91. The Hall–Kier alpha value is -2.09. The average Bonchev–Trinajstić information content (AvgIpc) is 3.10. The summed E-state index contributed by atoms with van der Waals surface area (Å²) >= 11 is 1.19. The first-order valence-electron chi connectivity index (χ1n) is 8.38. The van der Waals surface area contributed by atoms with Gasteiger partial charge in [0, 0.05) is 32.0 Å². The van der Waals surface area contributed by atoms with Crippen LogP contribution in [0.25, 0.3) is 0 Å². The Morgan fingerprint density at radius 2 is 2.21 bits per heavy atom. The molecule has 7 nitrogen and oxygen atoms in total. The van der Waals surface area contributed by atoms with Crippen LogP contribution in [-0.4, -0.2) is 45.1 Å². The van der Waals surface area contributed by atoms with Crippen LogP contribution in [0.2, 0.25) is 0 Å². The van der Waals surface area contributed by atoms with Gasteiger partial charge in [0.2, 0.25) is 0 Å². The van der Waals surface area contributed by atoms with E-state index in [1.807, 2.05) is 0 Å². The molecule has 0 atom stereocenters. The number of amides is 1. The lowest BCUT2D eigenvalue weighted by Crippen LogP contribution is -2.39. The van der Waals surface area contributed by atoms with Gasteiger partial charge in [-0.25, -0.2) is 4.98 Å². The monoisotopic (exact) mass is 346 g/mol. The number of nitrogens with one attached hydrogen (secondary N) is 1. The molecule has 3 rings (SSSR count). The van der Waals surface area contributed by atoms with E-state index in [4.69, 9.17) is 0 Å². The summed E-state index contributed by atoms with van der Waals surface area (Å²) in [5.74, 6) is 1.39. The lowest BCUT2D eigenvalue weighted by atomic mass is 9.97. The summed E-state index contributed by atoms with van der Waals surface area (Å²) in [6.45, 7) is 4.67. The van der Waals surface area contributed by atoms with Crippen molar-refractivity contribution in [2.75, 3.05) is 24.5 Å². The number of hydrogen-bond donors (Lipinski definition) is 1. The van der Waals surface area contributed by atoms with Gasteiger partial charge in [-0.05, 0) is 36.7 Å². The van der Waals surface area contributed by atoms with Crippen LogP contribution in [0.3, 0.4) is 0 Å². The molecule has 1 N–H and O–H groups in total. The van der Waals surface area contributed by atoms with Gasteiger partial charge in [-0.1, -0.05) is 17.8 Å². The van der Waals surface area contributed by atoms with Crippen molar-refractivity contribution in [3.8, 4) is 0 Å². The molecule has 0 saturated carbocycles. The van der Waals surface area contributed by atoms with E-state index in [-0.39, 0.29) is 5.91 Å². The van der Waals surface area contributed by atoms with Crippen molar-refractivity contribution in [1.29, 1.82) is 0 Å². The molecule has 3 heterocycles. The molecule has 0 spiro atoms.